The molecule has 10 heteroatoms. The molecule has 1 heterocycles. The Morgan fingerprint density at radius 3 is 2.48 bits per heavy atom. The first kappa shape index (κ1) is 21.3. The Balaban J connectivity index is 1.63. The average Bonchev–Trinajstić information content (AvgIpc) is 2.69. The van der Waals surface area contributed by atoms with E-state index in [0.717, 1.165) is 6.07 Å². The maximum atomic E-state index is 13.2. The summed E-state index contributed by atoms with van der Waals surface area (Å²) < 4.78 is 13.2. The van der Waals surface area contributed by atoms with E-state index in [1.807, 2.05) is 9.80 Å². The Morgan fingerprint density at radius 2 is 1.86 bits per heavy atom. The van der Waals surface area contributed by atoms with Gasteiger partial charge >= 0.3 is 0 Å². The van der Waals surface area contributed by atoms with Crippen LogP contribution in [0.4, 0.5) is 21.5 Å². The number of anilines is 2. The van der Waals surface area contributed by atoms with Gasteiger partial charge in [-0.3, -0.25) is 19.8 Å². The van der Waals surface area contributed by atoms with Gasteiger partial charge in [0.1, 0.15) is 11.5 Å². The minimum atomic E-state index is -0.478. The number of carbonyl (C=O) groups excluding carboxylic acids is 1. The molecule has 0 saturated carbocycles. The topological polar surface area (TPSA) is 78.7 Å². The van der Waals surface area contributed by atoms with Crippen LogP contribution in [0.2, 0.25) is 10.0 Å². The fraction of sp³-hybridized carbons (Fsp3) is 0.316. The van der Waals surface area contributed by atoms with Crippen molar-refractivity contribution >= 4 is 46.2 Å². The zero-order valence-electron chi connectivity index (χ0n) is 15.6. The third kappa shape index (κ3) is 4.95. The number of piperazine rings is 1. The van der Waals surface area contributed by atoms with Gasteiger partial charge in [0, 0.05) is 37.3 Å². The largest absolute Gasteiger partial charge is 0.363 e. The van der Waals surface area contributed by atoms with E-state index in [2.05, 4.69) is 5.32 Å². The van der Waals surface area contributed by atoms with Crippen molar-refractivity contribution in [1.82, 2.24) is 4.90 Å². The highest BCUT2D eigenvalue weighted by atomic mass is 35.5. The molecule has 0 spiro atoms. The Hall–Kier alpha value is -2.42. The van der Waals surface area contributed by atoms with Crippen LogP contribution < -0.4 is 10.2 Å². The number of halogens is 3. The number of carbonyl (C=O) groups is 1. The molecule has 3 rings (SSSR count). The summed E-state index contributed by atoms with van der Waals surface area (Å²) in [6.45, 7) is 3.92. The van der Waals surface area contributed by atoms with Crippen molar-refractivity contribution in [2.45, 2.75) is 13.0 Å². The molecule has 1 N–H and O–H groups in total. The molecule has 1 aliphatic heterocycles. The van der Waals surface area contributed by atoms with Crippen molar-refractivity contribution in [1.29, 1.82) is 0 Å². The molecule has 2 aromatic carbocycles. The van der Waals surface area contributed by atoms with Crippen LogP contribution >= 0.6 is 23.2 Å². The van der Waals surface area contributed by atoms with Crippen LogP contribution in [0, 0.1) is 15.9 Å². The van der Waals surface area contributed by atoms with Crippen LogP contribution in [0.1, 0.15) is 6.92 Å². The quantitative estimate of drug-likeness (QED) is 0.556. The summed E-state index contributed by atoms with van der Waals surface area (Å²) in [4.78, 5) is 27.3. The first-order chi connectivity index (χ1) is 13.8. The van der Waals surface area contributed by atoms with Crippen molar-refractivity contribution in [3.63, 3.8) is 0 Å². The van der Waals surface area contributed by atoms with Gasteiger partial charge < -0.3 is 10.2 Å². The summed E-state index contributed by atoms with van der Waals surface area (Å²) in [5, 5.41) is 14.5. The first-order valence-electron chi connectivity index (χ1n) is 8.95. The van der Waals surface area contributed by atoms with E-state index < -0.39 is 16.8 Å². The second kappa shape index (κ2) is 8.94. The summed E-state index contributed by atoms with van der Waals surface area (Å²) in [7, 11) is 0. The van der Waals surface area contributed by atoms with Gasteiger partial charge in [0.25, 0.3) is 5.69 Å². The van der Waals surface area contributed by atoms with Crippen molar-refractivity contribution < 1.29 is 14.1 Å². The summed E-state index contributed by atoms with van der Waals surface area (Å²) in [6, 6.07) is 7.94. The fourth-order valence-electron chi connectivity index (χ4n) is 3.25. The number of amides is 1. The molecule has 1 aliphatic rings. The predicted octanol–water partition coefficient (Wildman–Crippen LogP) is 4.19. The lowest BCUT2D eigenvalue weighted by atomic mass is 10.1. The number of benzene rings is 2. The molecule has 0 aliphatic carbocycles. The monoisotopic (exact) mass is 440 g/mol. The normalized spacial score (nSPS) is 15.8. The molecule has 2 aromatic rings. The number of nitrogens with zero attached hydrogens (tertiary/aromatic N) is 3. The molecule has 7 nitrogen and oxygen atoms in total. The molecule has 1 amide bonds. The number of hydrogen-bond donors (Lipinski definition) is 1. The minimum absolute atomic E-state index is 0.0392. The fourth-order valence-corrected chi connectivity index (χ4v) is 3.64. The minimum Gasteiger partial charge on any atom is -0.363 e. The summed E-state index contributed by atoms with van der Waals surface area (Å²) >= 11 is 11.8. The smallest absolute Gasteiger partial charge is 0.294 e. The highest BCUT2D eigenvalue weighted by molar-refractivity contribution is 6.33. The molecule has 154 valence electrons. The summed E-state index contributed by atoms with van der Waals surface area (Å²) in [5.74, 6) is -0.738. The van der Waals surface area contributed by atoms with Crippen LogP contribution in [0.25, 0.3) is 0 Å². The first-order valence-corrected chi connectivity index (χ1v) is 9.70. The second-order valence-corrected chi connectivity index (χ2v) is 7.55. The lowest BCUT2D eigenvalue weighted by Gasteiger charge is -2.38. The van der Waals surface area contributed by atoms with E-state index in [0.29, 0.717) is 42.6 Å². The van der Waals surface area contributed by atoms with E-state index in [9.17, 15) is 19.3 Å². The van der Waals surface area contributed by atoms with Crippen LogP contribution in [0.15, 0.2) is 36.4 Å². The van der Waals surface area contributed by atoms with Crippen LogP contribution in [-0.4, -0.2) is 48.0 Å². The van der Waals surface area contributed by atoms with Gasteiger partial charge in [-0.15, -0.1) is 0 Å². The maximum Gasteiger partial charge on any atom is 0.294 e. The van der Waals surface area contributed by atoms with Crippen LogP contribution in [0.3, 0.4) is 0 Å². The average molecular weight is 441 g/mol. The Bertz CT molecular complexity index is 936. The van der Waals surface area contributed by atoms with Gasteiger partial charge in [-0.1, -0.05) is 23.2 Å². The highest BCUT2D eigenvalue weighted by Crippen LogP contribution is 2.32. The van der Waals surface area contributed by atoms with Crippen LogP contribution in [-0.2, 0) is 4.79 Å². The number of rotatable bonds is 5. The number of nitrogens with one attached hydrogen (secondary N) is 1. The predicted molar refractivity (Wildman–Crippen MR) is 111 cm³/mol. The van der Waals surface area contributed by atoms with Crippen molar-refractivity contribution in [2.24, 2.45) is 0 Å². The lowest BCUT2D eigenvalue weighted by molar-refractivity contribution is -0.384. The summed E-state index contributed by atoms with van der Waals surface area (Å²) in [5.41, 5.74) is 0.817. The molecule has 0 radical (unpaired) electrons. The Labute approximate surface area is 177 Å². The highest BCUT2D eigenvalue weighted by Gasteiger charge is 2.28. The molecular formula is C19H19Cl2FN4O3. The van der Waals surface area contributed by atoms with Crippen molar-refractivity contribution in [2.75, 3.05) is 36.4 Å². The van der Waals surface area contributed by atoms with Crippen molar-refractivity contribution in [3.8, 4) is 0 Å². The SMILES string of the molecule is CC(C(=O)Nc1ccc(F)cc1Cl)N1CCN(c2ccc(Cl)cc2[N+](=O)[O-])CC1. The molecular weight excluding hydrogens is 422 g/mol. The molecule has 0 aromatic heterocycles. The zero-order chi connectivity index (χ0) is 21.1. The van der Waals surface area contributed by atoms with Gasteiger partial charge in [0.15, 0.2) is 0 Å². The molecule has 1 unspecified atom stereocenters. The Kier molecular flexibility index (Phi) is 6.56. The standard InChI is InChI=1S/C19H19Cl2FN4O3/c1-12(19(27)23-16-4-3-14(22)11-15(16)21)24-6-8-25(9-7-24)17-5-2-13(20)10-18(17)26(28)29/h2-5,10-12H,6-9H2,1H3,(H,23,27). The van der Waals surface area contributed by atoms with Crippen molar-refractivity contribution in [3.05, 3.63) is 62.4 Å². The molecule has 29 heavy (non-hydrogen) atoms. The molecule has 1 saturated heterocycles. The molecule has 1 fully saturated rings. The molecule has 0 bridgehead atoms. The number of nitro groups is 1. The van der Waals surface area contributed by atoms with E-state index in [-0.39, 0.29) is 16.6 Å². The number of hydrogen-bond acceptors (Lipinski definition) is 5. The second-order valence-electron chi connectivity index (χ2n) is 6.70. The van der Waals surface area contributed by atoms with E-state index in [1.165, 1.54) is 18.2 Å². The van der Waals surface area contributed by atoms with Gasteiger partial charge in [-0.2, -0.15) is 0 Å². The van der Waals surface area contributed by atoms with Crippen LogP contribution in [0.5, 0.6) is 0 Å². The van der Waals surface area contributed by atoms with Gasteiger partial charge in [0.05, 0.1) is 21.7 Å². The lowest BCUT2D eigenvalue weighted by Crippen LogP contribution is -2.53. The zero-order valence-corrected chi connectivity index (χ0v) is 17.1. The summed E-state index contributed by atoms with van der Waals surface area (Å²) in [6.07, 6.45) is 0. The third-order valence-electron chi connectivity index (χ3n) is 4.91. The van der Waals surface area contributed by atoms with E-state index in [4.69, 9.17) is 23.2 Å². The molecule has 1 atom stereocenters. The maximum absolute atomic E-state index is 13.2. The van der Waals surface area contributed by atoms with Gasteiger partial charge in [-0.05, 0) is 37.3 Å². The van der Waals surface area contributed by atoms with Gasteiger partial charge in [0.2, 0.25) is 5.91 Å². The van der Waals surface area contributed by atoms with E-state index >= 15 is 0 Å². The van der Waals surface area contributed by atoms with Gasteiger partial charge in [-0.25, -0.2) is 4.39 Å². The Morgan fingerprint density at radius 1 is 1.17 bits per heavy atom. The van der Waals surface area contributed by atoms with E-state index in [1.54, 1.807) is 19.1 Å². The third-order valence-corrected chi connectivity index (χ3v) is 5.45. The number of nitro benzene ring substituents is 1.